The van der Waals surface area contributed by atoms with Crippen LogP contribution in [0.25, 0.3) is 0 Å². The molecule has 1 aliphatic carbocycles. The SMILES string of the molecule is CC(C)(C)OC(=O)N1CCC(O)(C#CC2=CCCCC2)CC1. The van der Waals surface area contributed by atoms with Gasteiger partial charge in [-0.2, -0.15) is 0 Å². The third kappa shape index (κ3) is 5.06. The predicted molar refractivity (Wildman–Crippen MR) is 86.3 cm³/mol. The molecule has 0 aromatic heterocycles. The quantitative estimate of drug-likeness (QED) is 0.699. The molecule has 1 N–H and O–H groups in total. The molecule has 0 saturated carbocycles. The van der Waals surface area contributed by atoms with Gasteiger partial charge in [-0.15, -0.1) is 0 Å². The predicted octanol–water partition coefficient (Wildman–Crippen LogP) is 3.25. The molecule has 0 radical (unpaired) electrons. The summed E-state index contributed by atoms with van der Waals surface area (Å²) in [6, 6.07) is 0. The van der Waals surface area contributed by atoms with Crippen molar-refractivity contribution in [3.63, 3.8) is 0 Å². The molecule has 4 heteroatoms. The van der Waals surface area contributed by atoms with Gasteiger partial charge in [0.2, 0.25) is 0 Å². The first-order valence-corrected chi connectivity index (χ1v) is 8.20. The molecule has 122 valence electrons. The Hall–Kier alpha value is -1.47. The molecule has 22 heavy (non-hydrogen) atoms. The fourth-order valence-electron chi connectivity index (χ4n) is 2.66. The lowest BCUT2D eigenvalue weighted by Gasteiger charge is -2.35. The lowest BCUT2D eigenvalue weighted by molar-refractivity contribution is -0.00514. The van der Waals surface area contributed by atoms with E-state index < -0.39 is 11.2 Å². The second-order valence-electron chi connectivity index (χ2n) is 7.22. The minimum absolute atomic E-state index is 0.308. The third-order valence-electron chi connectivity index (χ3n) is 3.99. The molecule has 0 spiro atoms. The standard InChI is InChI=1S/C18H27NO3/c1-17(2,3)22-16(20)19-13-11-18(21,12-14-19)10-9-15-7-5-4-6-8-15/h7,21H,4-6,8,11-14H2,1-3H3. The number of rotatable bonds is 0. The maximum absolute atomic E-state index is 12.0. The normalized spacial score (nSPS) is 21.5. The summed E-state index contributed by atoms with van der Waals surface area (Å²) < 4.78 is 5.36. The summed E-state index contributed by atoms with van der Waals surface area (Å²) in [6.45, 7) is 6.54. The van der Waals surface area contributed by atoms with Crippen molar-refractivity contribution in [2.24, 2.45) is 0 Å². The van der Waals surface area contributed by atoms with E-state index in [1.807, 2.05) is 20.8 Å². The number of piperidine rings is 1. The number of hydrogen-bond acceptors (Lipinski definition) is 3. The number of carbonyl (C=O) groups excluding carboxylic acids is 1. The molecular formula is C18H27NO3. The van der Waals surface area contributed by atoms with Gasteiger partial charge in [0.05, 0.1) is 0 Å². The van der Waals surface area contributed by atoms with Crippen LogP contribution in [0.15, 0.2) is 11.6 Å². The van der Waals surface area contributed by atoms with Crippen molar-refractivity contribution >= 4 is 6.09 Å². The molecule has 1 heterocycles. The van der Waals surface area contributed by atoms with Crippen LogP contribution in [0.1, 0.15) is 59.3 Å². The minimum atomic E-state index is -0.975. The number of ether oxygens (including phenoxy) is 1. The second-order valence-corrected chi connectivity index (χ2v) is 7.22. The van der Waals surface area contributed by atoms with E-state index >= 15 is 0 Å². The van der Waals surface area contributed by atoms with Crippen molar-refractivity contribution in [1.82, 2.24) is 4.90 Å². The average Bonchev–Trinajstić information content (AvgIpc) is 2.45. The molecule has 4 nitrogen and oxygen atoms in total. The maximum atomic E-state index is 12.0. The number of allylic oxidation sites excluding steroid dienone is 2. The Morgan fingerprint density at radius 3 is 2.55 bits per heavy atom. The van der Waals surface area contributed by atoms with Gasteiger partial charge in [-0.05, 0) is 52.0 Å². The Labute approximate surface area is 133 Å². The van der Waals surface area contributed by atoms with Crippen LogP contribution in [-0.4, -0.2) is 40.4 Å². The van der Waals surface area contributed by atoms with E-state index in [4.69, 9.17) is 4.74 Å². The van der Waals surface area contributed by atoms with Crippen LogP contribution in [-0.2, 0) is 4.74 Å². The van der Waals surface area contributed by atoms with Gasteiger partial charge in [0.15, 0.2) is 0 Å². The molecule has 0 aromatic rings. The first-order valence-electron chi connectivity index (χ1n) is 8.20. The number of amides is 1. The molecule has 2 aliphatic rings. The smallest absolute Gasteiger partial charge is 0.410 e. The zero-order valence-corrected chi connectivity index (χ0v) is 13.9. The summed E-state index contributed by atoms with van der Waals surface area (Å²) in [5.41, 5.74) is -0.316. The molecule has 1 fully saturated rings. The van der Waals surface area contributed by atoms with Crippen molar-refractivity contribution in [2.45, 2.75) is 70.5 Å². The third-order valence-corrected chi connectivity index (χ3v) is 3.99. The number of nitrogens with zero attached hydrogens (tertiary/aromatic N) is 1. The van der Waals surface area contributed by atoms with Gasteiger partial charge in [0.1, 0.15) is 11.2 Å². The molecule has 0 bridgehead atoms. The molecular weight excluding hydrogens is 278 g/mol. The summed E-state index contributed by atoms with van der Waals surface area (Å²) in [4.78, 5) is 13.7. The fraction of sp³-hybridized carbons (Fsp3) is 0.722. The van der Waals surface area contributed by atoms with Gasteiger partial charge in [0.25, 0.3) is 0 Å². The summed E-state index contributed by atoms with van der Waals surface area (Å²) in [5, 5.41) is 10.6. The first kappa shape index (κ1) is 16.9. The molecule has 0 atom stereocenters. The van der Waals surface area contributed by atoms with E-state index in [9.17, 15) is 9.90 Å². The fourth-order valence-corrected chi connectivity index (χ4v) is 2.66. The number of carbonyl (C=O) groups is 1. The Morgan fingerprint density at radius 2 is 2.00 bits per heavy atom. The monoisotopic (exact) mass is 305 g/mol. The van der Waals surface area contributed by atoms with Crippen molar-refractivity contribution < 1.29 is 14.6 Å². The molecule has 0 aromatic carbocycles. The van der Waals surface area contributed by atoms with Gasteiger partial charge in [-0.1, -0.05) is 17.9 Å². The molecule has 2 rings (SSSR count). The zero-order chi connectivity index (χ0) is 16.2. The lowest BCUT2D eigenvalue weighted by Crippen LogP contribution is -2.47. The van der Waals surface area contributed by atoms with Crippen LogP contribution in [0.5, 0.6) is 0 Å². The number of aliphatic hydroxyl groups is 1. The van der Waals surface area contributed by atoms with E-state index in [0.717, 1.165) is 18.4 Å². The zero-order valence-electron chi connectivity index (χ0n) is 13.9. The van der Waals surface area contributed by atoms with Gasteiger partial charge >= 0.3 is 6.09 Å². The highest BCUT2D eigenvalue weighted by atomic mass is 16.6. The summed E-state index contributed by atoms with van der Waals surface area (Å²) in [6.07, 6.45) is 7.36. The van der Waals surface area contributed by atoms with E-state index in [0.29, 0.717) is 25.9 Å². The molecule has 1 saturated heterocycles. The van der Waals surface area contributed by atoms with Crippen LogP contribution in [0.3, 0.4) is 0 Å². The van der Waals surface area contributed by atoms with Gasteiger partial charge in [0, 0.05) is 25.9 Å². The first-order chi connectivity index (χ1) is 10.3. The largest absolute Gasteiger partial charge is 0.444 e. The van der Waals surface area contributed by atoms with E-state index in [2.05, 4.69) is 17.9 Å². The average molecular weight is 305 g/mol. The van der Waals surface area contributed by atoms with Crippen molar-refractivity contribution in [2.75, 3.05) is 13.1 Å². The Balaban J connectivity index is 1.89. The van der Waals surface area contributed by atoms with Crippen molar-refractivity contribution in [3.8, 4) is 11.8 Å². The highest BCUT2D eigenvalue weighted by Gasteiger charge is 2.34. The Kier molecular flexibility index (Phi) is 5.18. The highest BCUT2D eigenvalue weighted by molar-refractivity contribution is 5.68. The van der Waals surface area contributed by atoms with Crippen LogP contribution in [0.4, 0.5) is 4.79 Å². The molecule has 1 amide bonds. The van der Waals surface area contributed by atoms with Crippen molar-refractivity contribution in [1.29, 1.82) is 0 Å². The van der Waals surface area contributed by atoms with E-state index in [1.54, 1.807) is 4.90 Å². The van der Waals surface area contributed by atoms with Crippen LogP contribution in [0, 0.1) is 11.8 Å². The number of hydrogen-bond donors (Lipinski definition) is 1. The van der Waals surface area contributed by atoms with Crippen LogP contribution >= 0.6 is 0 Å². The second kappa shape index (κ2) is 6.75. The van der Waals surface area contributed by atoms with Crippen LogP contribution in [0.2, 0.25) is 0 Å². The van der Waals surface area contributed by atoms with Gasteiger partial charge in [-0.25, -0.2) is 4.79 Å². The summed E-state index contributed by atoms with van der Waals surface area (Å²) >= 11 is 0. The number of likely N-dealkylation sites (tertiary alicyclic amines) is 1. The van der Waals surface area contributed by atoms with E-state index in [-0.39, 0.29) is 6.09 Å². The van der Waals surface area contributed by atoms with Crippen LogP contribution < -0.4 is 0 Å². The summed E-state index contributed by atoms with van der Waals surface area (Å²) in [5.74, 6) is 6.17. The Morgan fingerprint density at radius 1 is 1.32 bits per heavy atom. The van der Waals surface area contributed by atoms with Crippen molar-refractivity contribution in [3.05, 3.63) is 11.6 Å². The minimum Gasteiger partial charge on any atom is -0.444 e. The van der Waals surface area contributed by atoms with Gasteiger partial charge in [-0.3, -0.25) is 0 Å². The lowest BCUT2D eigenvalue weighted by atomic mass is 9.91. The summed E-state index contributed by atoms with van der Waals surface area (Å²) in [7, 11) is 0. The molecule has 0 unspecified atom stereocenters. The maximum Gasteiger partial charge on any atom is 0.410 e. The molecule has 1 aliphatic heterocycles. The van der Waals surface area contributed by atoms with E-state index in [1.165, 1.54) is 12.8 Å². The Bertz CT molecular complexity index is 497. The topological polar surface area (TPSA) is 49.8 Å². The highest BCUT2D eigenvalue weighted by Crippen LogP contribution is 2.24. The van der Waals surface area contributed by atoms with Gasteiger partial charge < -0.3 is 14.7 Å².